The van der Waals surface area contributed by atoms with Crippen LogP contribution in [0.5, 0.6) is 0 Å². The molecule has 1 fully saturated rings. The van der Waals surface area contributed by atoms with Crippen molar-refractivity contribution in [3.63, 3.8) is 0 Å². The second-order valence-electron chi connectivity index (χ2n) is 5.08. The van der Waals surface area contributed by atoms with Crippen molar-refractivity contribution in [1.82, 2.24) is 5.32 Å². The van der Waals surface area contributed by atoms with Crippen molar-refractivity contribution in [2.45, 2.75) is 52.7 Å². The summed E-state index contributed by atoms with van der Waals surface area (Å²) in [7, 11) is 0. The zero-order valence-corrected chi connectivity index (χ0v) is 11.2. The molecular weight excluding hydrogens is 202 g/mol. The van der Waals surface area contributed by atoms with E-state index in [1.54, 1.807) is 0 Å². The van der Waals surface area contributed by atoms with Gasteiger partial charge in [-0.05, 0) is 40.2 Å². The van der Waals surface area contributed by atoms with Crippen molar-refractivity contribution >= 4 is 0 Å². The van der Waals surface area contributed by atoms with E-state index < -0.39 is 0 Å². The Hall–Kier alpha value is -0.120. The minimum Gasteiger partial charge on any atom is -0.379 e. The van der Waals surface area contributed by atoms with E-state index in [1.807, 2.05) is 0 Å². The lowest BCUT2D eigenvalue weighted by Gasteiger charge is -2.32. The monoisotopic (exact) mass is 229 g/mol. The molecule has 0 radical (unpaired) electrons. The highest BCUT2D eigenvalue weighted by atomic mass is 16.5. The minimum atomic E-state index is 0.283. The Labute approximate surface area is 99.9 Å². The number of ether oxygens (including phenoxy) is 2. The molecule has 0 bridgehead atoms. The molecule has 0 amide bonds. The highest BCUT2D eigenvalue weighted by molar-refractivity contribution is 4.91. The predicted octanol–water partition coefficient (Wildman–Crippen LogP) is 2.21. The fourth-order valence-electron chi connectivity index (χ4n) is 2.34. The molecule has 1 N–H and O–H groups in total. The molecule has 1 rings (SSSR count). The van der Waals surface area contributed by atoms with Crippen LogP contribution in [0.4, 0.5) is 0 Å². The quantitative estimate of drug-likeness (QED) is 0.726. The topological polar surface area (TPSA) is 30.5 Å². The van der Waals surface area contributed by atoms with E-state index in [9.17, 15) is 0 Å². The summed E-state index contributed by atoms with van der Waals surface area (Å²) < 4.78 is 11.4. The van der Waals surface area contributed by atoms with Crippen LogP contribution < -0.4 is 5.32 Å². The molecule has 0 aromatic heterocycles. The Bertz CT molecular complexity index is 196. The molecule has 0 saturated carbocycles. The van der Waals surface area contributed by atoms with E-state index in [-0.39, 0.29) is 5.41 Å². The number of hydrogen-bond donors (Lipinski definition) is 1. The normalized spacial score (nSPS) is 30.2. The van der Waals surface area contributed by atoms with Crippen molar-refractivity contribution < 1.29 is 9.47 Å². The highest BCUT2D eigenvalue weighted by Crippen LogP contribution is 2.37. The lowest BCUT2D eigenvalue weighted by atomic mass is 9.78. The first-order valence-corrected chi connectivity index (χ1v) is 6.54. The molecule has 1 aliphatic heterocycles. The first-order chi connectivity index (χ1) is 7.60. The van der Waals surface area contributed by atoms with Gasteiger partial charge >= 0.3 is 0 Å². The summed E-state index contributed by atoms with van der Waals surface area (Å²) in [6, 6.07) is 0. The third-order valence-electron chi connectivity index (χ3n) is 3.61. The van der Waals surface area contributed by atoms with Crippen molar-refractivity contribution in [3.8, 4) is 0 Å². The molecule has 3 heteroatoms. The Morgan fingerprint density at radius 2 is 2.25 bits per heavy atom. The maximum Gasteiger partial charge on any atom is 0.0617 e. The molecule has 2 atom stereocenters. The van der Waals surface area contributed by atoms with Gasteiger partial charge in [0.25, 0.3) is 0 Å². The van der Waals surface area contributed by atoms with Crippen LogP contribution in [0.2, 0.25) is 0 Å². The van der Waals surface area contributed by atoms with Crippen LogP contribution in [0, 0.1) is 5.41 Å². The van der Waals surface area contributed by atoms with Gasteiger partial charge in [0, 0.05) is 25.2 Å². The summed E-state index contributed by atoms with van der Waals surface area (Å²) in [5.41, 5.74) is 0.283. The van der Waals surface area contributed by atoms with Gasteiger partial charge in [0.05, 0.1) is 12.2 Å². The van der Waals surface area contributed by atoms with E-state index >= 15 is 0 Å². The molecule has 1 saturated heterocycles. The molecule has 2 unspecified atom stereocenters. The standard InChI is InChI=1S/C13H27NO2/c1-5-14-10-13(6-8-15-11(2)3)7-9-16-12(13)4/h11-12,14H,5-10H2,1-4H3. The molecule has 0 spiro atoms. The third-order valence-corrected chi connectivity index (χ3v) is 3.61. The summed E-state index contributed by atoms with van der Waals surface area (Å²) in [6.45, 7) is 12.3. The molecule has 96 valence electrons. The van der Waals surface area contributed by atoms with Gasteiger partial charge in [-0.15, -0.1) is 0 Å². The van der Waals surface area contributed by atoms with Gasteiger partial charge < -0.3 is 14.8 Å². The average Bonchev–Trinajstić information content (AvgIpc) is 2.58. The van der Waals surface area contributed by atoms with Gasteiger partial charge in [-0.3, -0.25) is 0 Å². The van der Waals surface area contributed by atoms with Crippen LogP contribution in [0.15, 0.2) is 0 Å². The van der Waals surface area contributed by atoms with Crippen molar-refractivity contribution in [3.05, 3.63) is 0 Å². The van der Waals surface area contributed by atoms with Gasteiger partial charge in [-0.25, -0.2) is 0 Å². The van der Waals surface area contributed by atoms with Gasteiger partial charge in [-0.2, -0.15) is 0 Å². The molecule has 16 heavy (non-hydrogen) atoms. The lowest BCUT2D eigenvalue weighted by molar-refractivity contribution is 0.0171. The molecule has 3 nitrogen and oxygen atoms in total. The summed E-state index contributed by atoms with van der Waals surface area (Å²) in [5.74, 6) is 0. The van der Waals surface area contributed by atoms with E-state index in [4.69, 9.17) is 9.47 Å². The van der Waals surface area contributed by atoms with E-state index in [2.05, 4.69) is 33.0 Å². The molecule has 0 aromatic carbocycles. The zero-order valence-electron chi connectivity index (χ0n) is 11.2. The molecular formula is C13H27NO2. The van der Waals surface area contributed by atoms with Crippen LogP contribution >= 0.6 is 0 Å². The zero-order chi connectivity index (χ0) is 12.0. The maximum absolute atomic E-state index is 5.73. The summed E-state index contributed by atoms with van der Waals surface area (Å²) in [5, 5.41) is 3.46. The number of nitrogens with one attached hydrogen (secondary N) is 1. The minimum absolute atomic E-state index is 0.283. The van der Waals surface area contributed by atoms with Crippen LogP contribution in [0.25, 0.3) is 0 Å². The molecule has 0 aromatic rings. The first-order valence-electron chi connectivity index (χ1n) is 6.54. The van der Waals surface area contributed by atoms with E-state index in [0.29, 0.717) is 12.2 Å². The number of rotatable bonds is 7. The second-order valence-corrected chi connectivity index (χ2v) is 5.08. The molecule has 0 aliphatic carbocycles. The van der Waals surface area contributed by atoms with Crippen LogP contribution in [-0.2, 0) is 9.47 Å². The Morgan fingerprint density at radius 3 is 2.75 bits per heavy atom. The Kier molecular flexibility index (Phi) is 5.73. The maximum atomic E-state index is 5.73. The van der Waals surface area contributed by atoms with Crippen LogP contribution in [0.3, 0.4) is 0 Å². The summed E-state index contributed by atoms with van der Waals surface area (Å²) in [4.78, 5) is 0. The molecule has 1 heterocycles. The third kappa shape index (κ3) is 3.72. The highest BCUT2D eigenvalue weighted by Gasteiger charge is 2.40. The predicted molar refractivity (Wildman–Crippen MR) is 66.7 cm³/mol. The summed E-state index contributed by atoms with van der Waals surface area (Å²) >= 11 is 0. The van der Waals surface area contributed by atoms with Crippen LogP contribution in [0.1, 0.15) is 40.5 Å². The van der Waals surface area contributed by atoms with Gasteiger partial charge in [-0.1, -0.05) is 6.92 Å². The smallest absolute Gasteiger partial charge is 0.0617 e. The van der Waals surface area contributed by atoms with Gasteiger partial charge in [0.1, 0.15) is 0 Å². The fraction of sp³-hybridized carbons (Fsp3) is 1.00. The Balaban J connectivity index is 2.43. The second kappa shape index (κ2) is 6.58. The first kappa shape index (κ1) is 13.9. The average molecular weight is 229 g/mol. The SMILES string of the molecule is CCNCC1(CCOC(C)C)CCOC1C. The molecule has 1 aliphatic rings. The largest absolute Gasteiger partial charge is 0.379 e. The van der Waals surface area contributed by atoms with Crippen LogP contribution in [-0.4, -0.2) is 38.5 Å². The van der Waals surface area contributed by atoms with E-state index in [0.717, 1.165) is 39.1 Å². The Morgan fingerprint density at radius 1 is 1.50 bits per heavy atom. The van der Waals surface area contributed by atoms with Crippen molar-refractivity contribution in [2.24, 2.45) is 5.41 Å². The summed E-state index contributed by atoms with van der Waals surface area (Å²) in [6.07, 6.45) is 2.93. The lowest BCUT2D eigenvalue weighted by Crippen LogP contribution is -2.40. The van der Waals surface area contributed by atoms with Crippen molar-refractivity contribution in [2.75, 3.05) is 26.3 Å². The van der Waals surface area contributed by atoms with Gasteiger partial charge in [0.15, 0.2) is 0 Å². The fourth-order valence-corrected chi connectivity index (χ4v) is 2.34. The van der Waals surface area contributed by atoms with E-state index in [1.165, 1.54) is 0 Å². The van der Waals surface area contributed by atoms with Gasteiger partial charge in [0.2, 0.25) is 0 Å². The number of hydrogen-bond acceptors (Lipinski definition) is 3. The van der Waals surface area contributed by atoms with Crippen molar-refractivity contribution in [1.29, 1.82) is 0 Å².